The molecule has 1 saturated carbocycles. The van der Waals surface area contributed by atoms with Crippen molar-refractivity contribution in [1.29, 1.82) is 0 Å². The van der Waals surface area contributed by atoms with Crippen molar-refractivity contribution < 1.29 is 4.39 Å². The molecule has 0 radical (unpaired) electrons. The summed E-state index contributed by atoms with van der Waals surface area (Å²) in [5.74, 6) is -0.194. The minimum atomic E-state index is -0.391. The van der Waals surface area contributed by atoms with Crippen LogP contribution in [0.2, 0.25) is 0 Å². The number of rotatable bonds is 1. The van der Waals surface area contributed by atoms with Crippen LogP contribution in [-0.4, -0.2) is 0 Å². The van der Waals surface area contributed by atoms with Gasteiger partial charge in [0, 0.05) is 11.1 Å². The van der Waals surface area contributed by atoms with Gasteiger partial charge in [-0.1, -0.05) is 6.07 Å². The summed E-state index contributed by atoms with van der Waals surface area (Å²) in [5.41, 5.74) is 7.21. The molecule has 1 aromatic rings. The van der Waals surface area contributed by atoms with Gasteiger partial charge in [-0.25, -0.2) is 4.39 Å². The van der Waals surface area contributed by atoms with Crippen LogP contribution < -0.4 is 5.73 Å². The maximum atomic E-state index is 13.7. The fraction of sp³-hybridized carbons (Fsp3) is 0.400. The summed E-state index contributed by atoms with van der Waals surface area (Å²) < 4.78 is 14.2. The third-order valence-corrected chi connectivity index (χ3v) is 3.20. The molecule has 3 heteroatoms. The molecule has 0 aromatic heterocycles. The van der Waals surface area contributed by atoms with Crippen molar-refractivity contribution in [1.82, 2.24) is 0 Å². The topological polar surface area (TPSA) is 26.0 Å². The predicted octanol–water partition coefficient (Wildman–Crippen LogP) is 2.84. The van der Waals surface area contributed by atoms with Gasteiger partial charge in [-0.05, 0) is 47.3 Å². The first-order valence-electron chi connectivity index (χ1n) is 4.28. The Hall–Kier alpha value is -0.410. The van der Waals surface area contributed by atoms with Crippen molar-refractivity contribution >= 4 is 15.9 Å². The number of benzene rings is 1. The molecule has 0 atom stereocenters. The lowest BCUT2D eigenvalue weighted by Gasteiger charge is -2.14. The van der Waals surface area contributed by atoms with Gasteiger partial charge in [-0.2, -0.15) is 0 Å². The zero-order valence-corrected chi connectivity index (χ0v) is 8.99. The average Bonchev–Trinajstić information content (AvgIpc) is 2.78. The van der Waals surface area contributed by atoms with Crippen LogP contribution in [0.1, 0.15) is 24.0 Å². The molecule has 13 heavy (non-hydrogen) atoms. The van der Waals surface area contributed by atoms with Crippen LogP contribution in [0.4, 0.5) is 4.39 Å². The van der Waals surface area contributed by atoms with Crippen LogP contribution >= 0.6 is 15.9 Å². The molecule has 70 valence electrons. The third-order valence-electron chi connectivity index (χ3n) is 2.59. The number of hydrogen-bond donors (Lipinski definition) is 1. The molecule has 2 N–H and O–H groups in total. The highest BCUT2D eigenvalue weighted by atomic mass is 79.9. The Kier molecular flexibility index (Phi) is 1.96. The number of nitrogens with two attached hydrogens (primary N) is 1. The van der Waals surface area contributed by atoms with E-state index in [1.165, 1.54) is 0 Å². The molecule has 1 aromatic carbocycles. The molecule has 1 aliphatic carbocycles. The SMILES string of the molecule is Cc1ccc(Br)c(F)c1C1(N)CC1. The van der Waals surface area contributed by atoms with Crippen LogP contribution in [0.5, 0.6) is 0 Å². The molecule has 0 spiro atoms. The van der Waals surface area contributed by atoms with Gasteiger partial charge in [0.05, 0.1) is 4.47 Å². The second-order valence-corrected chi connectivity index (χ2v) is 4.56. The van der Waals surface area contributed by atoms with Crippen molar-refractivity contribution in [2.75, 3.05) is 0 Å². The largest absolute Gasteiger partial charge is 0.321 e. The van der Waals surface area contributed by atoms with Crippen LogP contribution in [0.15, 0.2) is 16.6 Å². The van der Waals surface area contributed by atoms with Gasteiger partial charge in [0.1, 0.15) is 5.82 Å². The first-order valence-corrected chi connectivity index (χ1v) is 5.08. The molecule has 0 heterocycles. The van der Waals surface area contributed by atoms with Gasteiger partial charge in [0.25, 0.3) is 0 Å². The first-order chi connectivity index (χ1) is 6.04. The highest BCUT2D eigenvalue weighted by Crippen LogP contribution is 2.46. The van der Waals surface area contributed by atoms with Gasteiger partial charge in [-0.15, -0.1) is 0 Å². The average molecular weight is 244 g/mol. The Morgan fingerprint density at radius 1 is 1.46 bits per heavy atom. The zero-order valence-electron chi connectivity index (χ0n) is 7.40. The van der Waals surface area contributed by atoms with Crippen molar-refractivity contribution in [3.8, 4) is 0 Å². The summed E-state index contributed by atoms with van der Waals surface area (Å²) in [7, 11) is 0. The minimum absolute atomic E-state index is 0.194. The van der Waals surface area contributed by atoms with Crippen molar-refractivity contribution in [2.45, 2.75) is 25.3 Å². The Bertz CT molecular complexity index is 358. The summed E-state index contributed by atoms with van der Waals surface area (Å²) in [4.78, 5) is 0. The van der Waals surface area contributed by atoms with E-state index in [1.54, 1.807) is 6.07 Å². The lowest BCUT2D eigenvalue weighted by atomic mass is 9.99. The molecule has 2 rings (SSSR count). The lowest BCUT2D eigenvalue weighted by molar-refractivity contribution is 0.569. The molecule has 0 amide bonds. The van der Waals surface area contributed by atoms with Gasteiger partial charge in [0.2, 0.25) is 0 Å². The zero-order chi connectivity index (χ0) is 9.64. The fourth-order valence-electron chi connectivity index (χ4n) is 1.64. The number of hydrogen-bond acceptors (Lipinski definition) is 1. The standard InChI is InChI=1S/C10H11BrFN/c1-6-2-3-7(11)9(12)8(6)10(13)4-5-10/h2-3H,4-5,13H2,1H3. The highest BCUT2D eigenvalue weighted by Gasteiger charge is 2.43. The Labute approximate surface area is 85.3 Å². The second-order valence-electron chi connectivity index (χ2n) is 3.71. The van der Waals surface area contributed by atoms with E-state index in [-0.39, 0.29) is 5.82 Å². The Balaban J connectivity index is 2.61. The molecule has 1 aliphatic rings. The summed E-state index contributed by atoms with van der Waals surface area (Å²) in [6, 6.07) is 3.62. The van der Waals surface area contributed by atoms with E-state index in [4.69, 9.17) is 5.73 Å². The third kappa shape index (κ3) is 1.40. The van der Waals surface area contributed by atoms with E-state index in [0.717, 1.165) is 18.4 Å². The lowest BCUT2D eigenvalue weighted by Crippen LogP contribution is -2.22. The second kappa shape index (κ2) is 2.79. The van der Waals surface area contributed by atoms with Gasteiger partial charge >= 0.3 is 0 Å². The molecular formula is C10H11BrFN. The highest BCUT2D eigenvalue weighted by molar-refractivity contribution is 9.10. The normalized spacial score (nSPS) is 18.8. The predicted molar refractivity (Wildman–Crippen MR) is 53.9 cm³/mol. The molecule has 0 bridgehead atoms. The molecule has 0 saturated heterocycles. The van der Waals surface area contributed by atoms with E-state index >= 15 is 0 Å². The molecular weight excluding hydrogens is 233 g/mol. The van der Waals surface area contributed by atoms with Crippen LogP contribution in [0.25, 0.3) is 0 Å². The minimum Gasteiger partial charge on any atom is -0.321 e. The summed E-state index contributed by atoms with van der Waals surface area (Å²) in [6.45, 7) is 1.90. The number of halogens is 2. The van der Waals surface area contributed by atoms with Gasteiger partial charge in [-0.3, -0.25) is 0 Å². The molecule has 1 fully saturated rings. The Morgan fingerprint density at radius 3 is 2.62 bits per heavy atom. The van der Waals surface area contributed by atoms with E-state index in [2.05, 4.69) is 15.9 Å². The summed E-state index contributed by atoms with van der Waals surface area (Å²) in [5, 5.41) is 0. The van der Waals surface area contributed by atoms with Crippen LogP contribution in [0.3, 0.4) is 0 Å². The van der Waals surface area contributed by atoms with Gasteiger partial charge < -0.3 is 5.73 Å². The maximum absolute atomic E-state index is 13.7. The molecule has 0 aliphatic heterocycles. The van der Waals surface area contributed by atoms with Crippen LogP contribution in [-0.2, 0) is 5.54 Å². The maximum Gasteiger partial charge on any atom is 0.142 e. The fourth-order valence-corrected chi connectivity index (χ4v) is 1.97. The quantitative estimate of drug-likeness (QED) is 0.807. The van der Waals surface area contributed by atoms with E-state index in [1.807, 2.05) is 13.0 Å². The van der Waals surface area contributed by atoms with E-state index in [0.29, 0.717) is 10.0 Å². The van der Waals surface area contributed by atoms with E-state index < -0.39 is 5.54 Å². The smallest absolute Gasteiger partial charge is 0.142 e. The molecule has 1 nitrogen and oxygen atoms in total. The van der Waals surface area contributed by atoms with Gasteiger partial charge in [0.15, 0.2) is 0 Å². The van der Waals surface area contributed by atoms with Crippen LogP contribution in [0, 0.1) is 12.7 Å². The Morgan fingerprint density at radius 2 is 2.08 bits per heavy atom. The summed E-state index contributed by atoms with van der Waals surface area (Å²) in [6.07, 6.45) is 1.78. The number of aryl methyl sites for hydroxylation is 1. The van der Waals surface area contributed by atoms with Crippen molar-refractivity contribution in [3.63, 3.8) is 0 Å². The monoisotopic (exact) mass is 243 g/mol. The van der Waals surface area contributed by atoms with Crippen molar-refractivity contribution in [3.05, 3.63) is 33.5 Å². The van der Waals surface area contributed by atoms with E-state index in [9.17, 15) is 4.39 Å². The summed E-state index contributed by atoms with van der Waals surface area (Å²) >= 11 is 3.17. The molecule has 0 unspecified atom stereocenters. The first kappa shape index (κ1) is 9.16. The van der Waals surface area contributed by atoms with Crippen molar-refractivity contribution in [2.24, 2.45) is 5.73 Å².